The normalized spacial score (nSPS) is 18.1. The van der Waals surface area contributed by atoms with Crippen LogP contribution in [0.15, 0.2) is 18.2 Å². The molecule has 0 radical (unpaired) electrons. The van der Waals surface area contributed by atoms with E-state index in [2.05, 4.69) is 48.4 Å². The molecule has 0 unspecified atom stereocenters. The summed E-state index contributed by atoms with van der Waals surface area (Å²) in [6.07, 6.45) is 1.17. The number of rotatable bonds is 4. The Morgan fingerprint density at radius 1 is 1.29 bits per heavy atom. The molecule has 0 aliphatic carbocycles. The summed E-state index contributed by atoms with van der Waals surface area (Å²) in [6.45, 7) is 12.2. The number of nitrogens with zero attached hydrogens (tertiary/aromatic N) is 3. The zero-order valence-corrected chi connectivity index (χ0v) is 15.7. The quantitative estimate of drug-likeness (QED) is 0.823. The summed E-state index contributed by atoms with van der Waals surface area (Å²) in [5.41, 5.74) is 4.94. The number of hydrogen-bond acceptors (Lipinski definition) is 3. The highest BCUT2D eigenvalue weighted by atomic mass is 35.5. The molecule has 5 heteroatoms. The lowest BCUT2D eigenvalue weighted by Gasteiger charge is -2.23. The zero-order valence-electron chi connectivity index (χ0n) is 15.0. The van der Waals surface area contributed by atoms with Gasteiger partial charge in [-0.2, -0.15) is 5.10 Å². The molecule has 130 valence electrons. The highest BCUT2D eigenvalue weighted by Crippen LogP contribution is 2.30. The molecule has 0 spiro atoms. The van der Waals surface area contributed by atoms with Crippen LogP contribution in [0.5, 0.6) is 5.75 Å². The molecule has 1 aliphatic heterocycles. The lowest BCUT2D eigenvalue weighted by Crippen LogP contribution is -2.32. The number of halogens is 1. The summed E-state index contributed by atoms with van der Waals surface area (Å²) in [4.78, 5) is 2.46. The monoisotopic (exact) mass is 347 g/mol. The molecule has 1 aromatic heterocycles. The third-order valence-corrected chi connectivity index (χ3v) is 5.08. The Bertz CT molecular complexity index is 726. The molecule has 1 atom stereocenters. The lowest BCUT2D eigenvalue weighted by molar-refractivity contribution is 0.139. The second kappa shape index (κ2) is 7.16. The number of ether oxygens (including phenoxy) is 1. The van der Waals surface area contributed by atoms with Crippen LogP contribution in [0.1, 0.15) is 42.8 Å². The maximum absolute atomic E-state index is 6.19. The minimum Gasteiger partial charge on any atom is -0.489 e. The maximum atomic E-state index is 6.19. The van der Waals surface area contributed by atoms with E-state index in [1.807, 2.05) is 12.1 Å². The molecule has 24 heavy (non-hydrogen) atoms. The van der Waals surface area contributed by atoms with Crippen LogP contribution < -0.4 is 4.74 Å². The Labute approximate surface area is 149 Å². The molecular formula is C19H26ClN3O. The first kappa shape index (κ1) is 17.3. The van der Waals surface area contributed by atoms with Gasteiger partial charge in [0, 0.05) is 48.0 Å². The number of aryl methyl sites for hydroxylation is 2. The van der Waals surface area contributed by atoms with E-state index in [4.69, 9.17) is 16.3 Å². The summed E-state index contributed by atoms with van der Waals surface area (Å²) < 4.78 is 8.28. The Kier molecular flexibility index (Phi) is 5.16. The van der Waals surface area contributed by atoms with Crippen molar-refractivity contribution in [3.05, 3.63) is 45.7 Å². The van der Waals surface area contributed by atoms with Gasteiger partial charge in [0.15, 0.2) is 0 Å². The van der Waals surface area contributed by atoms with Gasteiger partial charge in [-0.15, -0.1) is 0 Å². The molecule has 1 aliphatic rings. The van der Waals surface area contributed by atoms with E-state index < -0.39 is 0 Å². The summed E-state index contributed by atoms with van der Waals surface area (Å²) >= 11 is 6.14. The smallest absolute Gasteiger partial charge is 0.125 e. The zero-order chi connectivity index (χ0) is 17.3. The van der Waals surface area contributed by atoms with E-state index >= 15 is 0 Å². The van der Waals surface area contributed by atoms with Crippen molar-refractivity contribution in [3.63, 3.8) is 0 Å². The first-order valence-electron chi connectivity index (χ1n) is 8.72. The summed E-state index contributed by atoms with van der Waals surface area (Å²) in [5.74, 6) is 0.926. The third-order valence-electron chi connectivity index (χ3n) is 4.85. The van der Waals surface area contributed by atoms with Crippen LogP contribution in [-0.4, -0.2) is 27.3 Å². The Morgan fingerprint density at radius 3 is 2.75 bits per heavy atom. The van der Waals surface area contributed by atoms with Crippen molar-refractivity contribution in [2.24, 2.45) is 0 Å². The van der Waals surface area contributed by atoms with Crippen molar-refractivity contribution in [1.29, 1.82) is 0 Å². The Balaban J connectivity index is 1.88. The first-order valence-corrected chi connectivity index (χ1v) is 9.09. The van der Waals surface area contributed by atoms with Crippen LogP contribution in [0.4, 0.5) is 0 Å². The number of aromatic nitrogens is 2. The predicted octanol–water partition coefficient (Wildman–Crippen LogP) is 4.35. The van der Waals surface area contributed by atoms with Crippen LogP contribution in [0, 0.1) is 13.8 Å². The van der Waals surface area contributed by atoms with Gasteiger partial charge in [0.25, 0.3) is 0 Å². The van der Waals surface area contributed by atoms with Crippen molar-refractivity contribution < 1.29 is 4.74 Å². The van der Waals surface area contributed by atoms with Gasteiger partial charge in [0.2, 0.25) is 0 Å². The van der Waals surface area contributed by atoms with E-state index in [1.54, 1.807) is 0 Å². The topological polar surface area (TPSA) is 30.3 Å². The number of benzene rings is 1. The average Bonchev–Trinajstić information content (AvgIpc) is 2.73. The first-order chi connectivity index (χ1) is 11.5. The molecule has 2 heterocycles. The third kappa shape index (κ3) is 3.45. The van der Waals surface area contributed by atoms with Gasteiger partial charge in [-0.3, -0.25) is 9.58 Å². The highest BCUT2D eigenvalue weighted by Gasteiger charge is 2.24. The minimum absolute atomic E-state index is 0.187. The fraction of sp³-hybridized carbons (Fsp3) is 0.526. The Hall–Kier alpha value is -1.52. The van der Waals surface area contributed by atoms with Crippen LogP contribution in [-0.2, 0) is 19.6 Å². The van der Waals surface area contributed by atoms with E-state index in [0.717, 1.165) is 49.1 Å². The van der Waals surface area contributed by atoms with Crippen LogP contribution in [0.25, 0.3) is 0 Å². The molecule has 0 saturated carbocycles. The van der Waals surface area contributed by atoms with E-state index in [-0.39, 0.29) is 6.10 Å². The van der Waals surface area contributed by atoms with Crippen LogP contribution in [0.2, 0.25) is 5.02 Å². The SMILES string of the molecule is CC[C@H]1CN(Cc2c(C)nn(CC)c2C)Cc2ccc(Cl)cc2O1. The molecule has 0 fully saturated rings. The van der Waals surface area contributed by atoms with Gasteiger partial charge in [-0.1, -0.05) is 24.6 Å². The van der Waals surface area contributed by atoms with Crippen molar-refractivity contribution >= 4 is 11.6 Å². The lowest BCUT2D eigenvalue weighted by atomic mass is 10.1. The minimum atomic E-state index is 0.187. The Morgan fingerprint density at radius 2 is 2.08 bits per heavy atom. The molecule has 1 aromatic carbocycles. The molecule has 4 nitrogen and oxygen atoms in total. The van der Waals surface area contributed by atoms with Crippen molar-refractivity contribution in [2.75, 3.05) is 6.54 Å². The summed E-state index contributed by atoms with van der Waals surface area (Å²) in [7, 11) is 0. The molecule has 0 amide bonds. The fourth-order valence-corrected chi connectivity index (χ4v) is 3.57. The summed E-state index contributed by atoms with van der Waals surface area (Å²) in [6, 6.07) is 5.96. The van der Waals surface area contributed by atoms with E-state index in [9.17, 15) is 0 Å². The average molecular weight is 348 g/mol. The van der Waals surface area contributed by atoms with E-state index in [1.165, 1.54) is 16.8 Å². The second-order valence-corrected chi connectivity index (χ2v) is 6.97. The van der Waals surface area contributed by atoms with Crippen molar-refractivity contribution in [2.45, 2.75) is 59.9 Å². The van der Waals surface area contributed by atoms with Gasteiger partial charge >= 0.3 is 0 Å². The molecule has 2 aromatic rings. The van der Waals surface area contributed by atoms with Gasteiger partial charge in [0.05, 0.1) is 5.69 Å². The number of hydrogen-bond donors (Lipinski definition) is 0. The molecule has 0 N–H and O–H groups in total. The van der Waals surface area contributed by atoms with Gasteiger partial charge < -0.3 is 4.74 Å². The molecule has 3 rings (SSSR count). The molecule has 0 bridgehead atoms. The summed E-state index contributed by atoms with van der Waals surface area (Å²) in [5, 5.41) is 5.38. The van der Waals surface area contributed by atoms with Crippen LogP contribution >= 0.6 is 11.6 Å². The van der Waals surface area contributed by atoms with Crippen molar-refractivity contribution in [1.82, 2.24) is 14.7 Å². The van der Waals surface area contributed by atoms with Gasteiger partial charge in [0.1, 0.15) is 11.9 Å². The highest BCUT2D eigenvalue weighted by molar-refractivity contribution is 6.30. The standard InChI is InChI=1S/C19H26ClN3O/c1-5-17-11-22(10-15-7-8-16(20)9-19(15)24-17)12-18-13(3)21-23(6-2)14(18)4/h7-9,17H,5-6,10-12H2,1-4H3/t17-/m0/s1. The largest absolute Gasteiger partial charge is 0.489 e. The van der Waals surface area contributed by atoms with E-state index in [0.29, 0.717) is 0 Å². The number of fused-ring (bicyclic) bond motifs is 1. The van der Waals surface area contributed by atoms with Crippen molar-refractivity contribution in [3.8, 4) is 5.75 Å². The second-order valence-electron chi connectivity index (χ2n) is 6.53. The molecule has 0 saturated heterocycles. The molecular weight excluding hydrogens is 322 g/mol. The van der Waals surface area contributed by atoms with Gasteiger partial charge in [-0.05, 0) is 39.3 Å². The maximum Gasteiger partial charge on any atom is 0.125 e. The van der Waals surface area contributed by atoms with Gasteiger partial charge in [-0.25, -0.2) is 0 Å². The predicted molar refractivity (Wildman–Crippen MR) is 97.6 cm³/mol. The van der Waals surface area contributed by atoms with Crippen LogP contribution in [0.3, 0.4) is 0 Å². The fourth-order valence-electron chi connectivity index (χ4n) is 3.41.